The summed E-state index contributed by atoms with van der Waals surface area (Å²) in [5, 5.41) is 10.8. The van der Waals surface area contributed by atoms with Gasteiger partial charge in [-0.3, -0.25) is 0 Å². The van der Waals surface area contributed by atoms with Gasteiger partial charge in [0.15, 0.2) is 0 Å². The summed E-state index contributed by atoms with van der Waals surface area (Å²) in [6, 6.07) is 12.2. The summed E-state index contributed by atoms with van der Waals surface area (Å²) in [6.07, 6.45) is 0.709. The van der Waals surface area contributed by atoms with Gasteiger partial charge in [0.2, 0.25) is 0 Å². The lowest BCUT2D eigenvalue weighted by molar-refractivity contribution is -0.142. The molecule has 4 heteroatoms. The van der Waals surface area contributed by atoms with Crippen LogP contribution in [0.25, 0.3) is 10.8 Å². The predicted octanol–water partition coefficient (Wildman–Crippen LogP) is 3.25. The van der Waals surface area contributed by atoms with Crippen LogP contribution in [0.2, 0.25) is 0 Å². The third-order valence-corrected chi connectivity index (χ3v) is 3.39. The van der Waals surface area contributed by atoms with Gasteiger partial charge in [-0.05, 0) is 28.8 Å². The van der Waals surface area contributed by atoms with Gasteiger partial charge >= 0.3 is 5.97 Å². The Morgan fingerprint density at radius 1 is 1.17 bits per heavy atom. The summed E-state index contributed by atoms with van der Waals surface area (Å²) in [7, 11) is 0. The fourth-order valence-electron chi connectivity index (χ4n) is 1.88. The van der Waals surface area contributed by atoms with Crippen molar-refractivity contribution in [2.45, 2.75) is 6.42 Å². The minimum atomic E-state index is -0.935. The van der Waals surface area contributed by atoms with Crippen molar-refractivity contribution >= 4 is 32.7 Å². The molecule has 0 saturated heterocycles. The molecule has 0 atom stereocenters. The van der Waals surface area contributed by atoms with Crippen LogP contribution in [0.1, 0.15) is 5.56 Å². The summed E-state index contributed by atoms with van der Waals surface area (Å²) in [4.78, 5) is 10.3. The Bertz CT molecular complexity index is 566. The number of ether oxygens (including phenoxy) is 1. The number of benzene rings is 2. The Morgan fingerprint density at radius 2 is 1.89 bits per heavy atom. The molecular formula is C14H13BrO3. The molecule has 2 aromatic rings. The first-order valence-electron chi connectivity index (χ1n) is 5.64. The molecule has 0 fully saturated rings. The van der Waals surface area contributed by atoms with Crippen molar-refractivity contribution < 1.29 is 14.6 Å². The molecule has 94 valence electrons. The van der Waals surface area contributed by atoms with Gasteiger partial charge in [-0.15, -0.1) is 0 Å². The number of carboxylic acid groups (broad SMARTS) is 1. The molecule has 0 spiro atoms. The summed E-state index contributed by atoms with van der Waals surface area (Å²) in [5.74, 6) is -0.935. The van der Waals surface area contributed by atoms with Crippen LogP contribution in [0.4, 0.5) is 0 Å². The minimum absolute atomic E-state index is 0.242. The van der Waals surface area contributed by atoms with Crippen molar-refractivity contribution in [3.63, 3.8) is 0 Å². The number of hydrogen-bond donors (Lipinski definition) is 1. The second kappa shape index (κ2) is 5.98. The molecule has 0 radical (unpaired) electrons. The second-order valence-corrected chi connectivity index (χ2v) is 4.80. The van der Waals surface area contributed by atoms with Gasteiger partial charge < -0.3 is 9.84 Å². The summed E-state index contributed by atoms with van der Waals surface area (Å²) >= 11 is 3.52. The number of aliphatic carboxylic acids is 1. The number of fused-ring (bicyclic) bond motifs is 1. The van der Waals surface area contributed by atoms with Crippen molar-refractivity contribution in [3.05, 3.63) is 46.4 Å². The maximum Gasteiger partial charge on any atom is 0.329 e. The van der Waals surface area contributed by atoms with Crippen LogP contribution in [-0.4, -0.2) is 24.3 Å². The molecule has 0 aliphatic carbocycles. The van der Waals surface area contributed by atoms with Crippen molar-refractivity contribution in [1.29, 1.82) is 0 Å². The topological polar surface area (TPSA) is 46.5 Å². The molecule has 2 rings (SSSR count). The molecule has 0 aliphatic rings. The third-order valence-electron chi connectivity index (χ3n) is 2.70. The first kappa shape index (κ1) is 13.1. The Kier molecular flexibility index (Phi) is 4.33. The molecule has 0 aromatic heterocycles. The Hall–Kier alpha value is -1.39. The number of carbonyl (C=O) groups is 1. The zero-order valence-corrected chi connectivity index (χ0v) is 11.3. The lowest BCUT2D eigenvalue weighted by Crippen LogP contribution is -2.09. The van der Waals surface area contributed by atoms with E-state index < -0.39 is 5.97 Å². The summed E-state index contributed by atoms with van der Waals surface area (Å²) < 4.78 is 6.13. The highest BCUT2D eigenvalue weighted by Gasteiger charge is 2.04. The molecular weight excluding hydrogens is 296 g/mol. The normalized spacial score (nSPS) is 10.7. The van der Waals surface area contributed by atoms with E-state index in [1.165, 1.54) is 10.9 Å². The van der Waals surface area contributed by atoms with Gasteiger partial charge in [0.1, 0.15) is 6.61 Å². The smallest absolute Gasteiger partial charge is 0.329 e. The highest BCUT2D eigenvalue weighted by molar-refractivity contribution is 9.10. The maximum absolute atomic E-state index is 10.3. The van der Waals surface area contributed by atoms with E-state index in [2.05, 4.69) is 28.1 Å². The van der Waals surface area contributed by atoms with E-state index in [1.807, 2.05) is 24.3 Å². The first-order chi connectivity index (χ1) is 8.68. The van der Waals surface area contributed by atoms with Crippen molar-refractivity contribution in [1.82, 2.24) is 0 Å². The molecule has 0 amide bonds. The van der Waals surface area contributed by atoms with E-state index in [1.54, 1.807) is 0 Å². The second-order valence-electron chi connectivity index (χ2n) is 3.95. The van der Waals surface area contributed by atoms with Crippen molar-refractivity contribution in [2.24, 2.45) is 0 Å². The van der Waals surface area contributed by atoms with E-state index in [9.17, 15) is 4.79 Å². The van der Waals surface area contributed by atoms with Gasteiger partial charge in [0.25, 0.3) is 0 Å². The molecule has 18 heavy (non-hydrogen) atoms. The number of rotatable bonds is 5. The van der Waals surface area contributed by atoms with Gasteiger partial charge in [-0.25, -0.2) is 4.79 Å². The van der Waals surface area contributed by atoms with Gasteiger partial charge in [0, 0.05) is 4.47 Å². The van der Waals surface area contributed by atoms with Crippen LogP contribution in [0.5, 0.6) is 0 Å². The SMILES string of the molecule is O=C(O)COCCc1ccc(Br)c2ccccc12. The fraction of sp³-hybridized carbons (Fsp3) is 0.214. The van der Waals surface area contributed by atoms with E-state index in [-0.39, 0.29) is 6.61 Å². The number of halogens is 1. The zero-order valence-electron chi connectivity index (χ0n) is 9.73. The van der Waals surface area contributed by atoms with E-state index >= 15 is 0 Å². The molecule has 1 N–H and O–H groups in total. The molecule has 2 aromatic carbocycles. The van der Waals surface area contributed by atoms with Crippen molar-refractivity contribution in [3.8, 4) is 0 Å². The van der Waals surface area contributed by atoms with Gasteiger partial charge in [-0.2, -0.15) is 0 Å². The van der Waals surface area contributed by atoms with E-state index in [4.69, 9.17) is 9.84 Å². The molecule has 0 bridgehead atoms. The average Bonchev–Trinajstić information content (AvgIpc) is 2.37. The molecule has 3 nitrogen and oxygen atoms in total. The molecule has 0 saturated carbocycles. The number of hydrogen-bond acceptors (Lipinski definition) is 2. The summed E-state index contributed by atoms with van der Waals surface area (Å²) in [5.41, 5.74) is 1.17. The fourth-order valence-corrected chi connectivity index (χ4v) is 2.36. The monoisotopic (exact) mass is 308 g/mol. The average molecular weight is 309 g/mol. The zero-order chi connectivity index (χ0) is 13.0. The quantitative estimate of drug-likeness (QED) is 0.863. The van der Waals surface area contributed by atoms with Crippen LogP contribution in [0.3, 0.4) is 0 Å². The largest absolute Gasteiger partial charge is 0.480 e. The Balaban J connectivity index is 2.14. The Morgan fingerprint density at radius 3 is 2.61 bits per heavy atom. The molecule has 0 unspecified atom stereocenters. The Labute approximate surface area is 114 Å². The maximum atomic E-state index is 10.3. The lowest BCUT2D eigenvalue weighted by atomic mass is 10.0. The highest BCUT2D eigenvalue weighted by Crippen LogP contribution is 2.27. The highest BCUT2D eigenvalue weighted by atomic mass is 79.9. The van der Waals surface area contributed by atoms with Crippen LogP contribution >= 0.6 is 15.9 Å². The third kappa shape index (κ3) is 3.09. The van der Waals surface area contributed by atoms with Crippen LogP contribution in [-0.2, 0) is 16.0 Å². The minimum Gasteiger partial charge on any atom is -0.480 e. The number of carboxylic acids is 1. The lowest BCUT2D eigenvalue weighted by Gasteiger charge is -2.08. The van der Waals surface area contributed by atoms with Gasteiger partial charge in [-0.1, -0.05) is 46.3 Å². The summed E-state index contributed by atoms with van der Waals surface area (Å²) in [6.45, 7) is 0.173. The van der Waals surface area contributed by atoms with Gasteiger partial charge in [0.05, 0.1) is 6.61 Å². The molecule has 0 aliphatic heterocycles. The van der Waals surface area contributed by atoms with Crippen LogP contribution < -0.4 is 0 Å². The van der Waals surface area contributed by atoms with E-state index in [0.29, 0.717) is 13.0 Å². The van der Waals surface area contributed by atoms with Crippen LogP contribution in [0.15, 0.2) is 40.9 Å². The first-order valence-corrected chi connectivity index (χ1v) is 6.43. The van der Waals surface area contributed by atoms with E-state index in [0.717, 1.165) is 9.86 Å². The standard InChI is InChI=1S/C14H13BrO3/c15-13-6-5-10(7-8-18-9-14(16)17)11-3-1-2-4-12(11)13/h1-6H,7-9H2,(H,16,17). The van der Waals surface area contributed by atoms with Crippen molar-refractivity contribution in [2.75, 3.05) is 13.2 Å². The molecule has 0 heterocycles. The van der Waals surface area contributed by atoms with Crippen LogP contribution in [0, 0.1) is 0 Å². The predicted molar refractivity (Wildman–Crippen MR) is 73.8 cm³/mol.